The van der Waals surface area contributed by atoms with E-state index in [1.54, 1.807) is 34.0 Å². The topological polar surface area (TPSA) is 46.6 Å². The standard InChI is InChI=1S/C21H21FN2O2S2/c22-20-9-4-3-8-19(20)18-7-2-1-6-17(18)16-23-11-13-24(14-12-23)28(25,26)21-10-5-15-27-21/h1-10,15H,11-14,16H2. The Morgan fingerprint density at radius 2 is 1.61 bits per heavy atom. The summed E-state index contributed by atoms with van der Waals surface area (Å²) in [4.78, 5) is 2.22. The lowest BCUT2D eigenvalue weighted by atomic mass is 9.99. The molecule has 0 radical (unpaired) electrons. The van der Waals surface area contributed by atoms with Gasteiger partial charge in [0.2, 0.25) is 4.21 Å². The van der Waals surface area contributed by atoms with Crippen LogP contribution in [0.15, 0.2) is 70.3 Å². The van der Waals surface area contributed by atoms with Gasteiger partial charge in [-0.2, -0.15) is 0 Å². The number of piperazine rings is 1. The molecule has 1 saturated heterocycles. The van der Waals surface area contributed by atoms with Crippen LogP contribution in [0.4, 0.5) is 4.39 Å². The van der Waals surface area contributed by atoms with Crippen molar-refractivity contribution >= 4 is 21.7 Å². The lowest BCUT2D eigenvalue weighted by Gasteiger charge is -2.35. The Labute approximate surface area is 169 Å². The SMILES string of the molecule is O=[S+]([O-])(c1cccs1)N1CCN(Cc2ccccc2-c2ccccc2F)CC1. The van der Waals surface area contributed by atoms with E-state index in [9.17, 15) is 13.2 Å². The molecule has 1 aromatic heterocycles. The van der Waals surface area contributed by atoms with Crippen molar-refractivity contribution in [1.82, 2.24) is 9.21 Å². The van der Waals surface area contributed by atoms with Crippen molar-refractivity contribution in [2.75, 3.05) is 26.2 Å². The predicted molar refractivity (Wildman–Crippen MR) is 110 cm³/mol. The number of nitrogens with zero attached hydrogens (tertiary/aromatic N) is 2. The Bertz CT molecular complexity index is 986. The number of hydrogen-bond acceptors (Lipinski definition) is 4. The number of thiophene rings is 1. The molecule has 0 amide bonds. The van der Waals surface area contributed by atoms with Crippen molar-refractivity contribution in [3.8, 4) is 11.1 Å². The summed E-state index contributed by atoms with van der Waals surface area (Å²) in [7, 11) is -3.40. The van der Waals surface area contributed by atoms with E-state index in [2.05, 4.69) is 4.90 Å². The zero-order valence-corrected chi connectivity index (χ0v) is 16.9. The van der Waals surface area contributed by atoms with Crippen molar-refractivity contribution < 1.29 is 13.2 Å². The summed E-state index contributed by atoms with van der Waals surface area (Å²) in [5, 5.41) is 1.78. The summed E-state index contributed by atoms with van der Waals surface area (Å²) in [6.45, 7) is 2.88. The van der Waals surface area contributed by atoms with Crippen LogP contribution in [0.2, 0.25) is 0 Å². The molecule has 1 aliphatic heterocycles. The summed E-state index contributed by atoms with van der Waals surface area (Å²) >= 11 is 1.25. The van der Waals surface area contributed by atoms with Crippen LogP contribution >= 0.6 is 11.3 Å². The molecule has 2 heterocycles. The van der Waals surface area contributed by atoms with Crippen LogP contribution in [-0.4, -0.2) is 39.9 Å². The smallest absolute Gasteiger partial charge is 0.229 e. The molecule has 4 rings (SSSR count). The maximum absolute atomic E-state index is 14.3. The molecule has 28 heavy (non-hydrogen) atoms. The molecule has 1 fully saturated rings. The summed E-state index contributed by atoms with van der Waals surface area (Å²) < 4.78 is 41.5. The third-order valence-corrected chi connectivity index (χ3v) is 8.27. The Morgan fingerprint density at radius 1 is 0.929 bits per heavy atom. The van der Waals surface area contributed by atoms with Crippen LogP contribution in [0.1, 0.15) is 5.56 Å². The van der Waals surface area contributed by atoms with Crippen molar-refractivity contribution in [2.24, 2.45) is 0 Å². The van der Waals surface area contributed by atoms with Crippen LogP contribution in [0.3, 0.4) is 0 Å². The van der Waals surface area contributed by atoms with Crippen molar-refractivity contribution in [3.05, 3.63) is 77.4 Å². The van der Waals surface area contributed by atoms with Crippen molar-refractivity contribution in [3.63, 3.8) is 0 Å². The van der Waals surface area contributed by atoms with E-state index in [1.165, 1.54) is 17.4 Å². The lowest BCUT2D eigenvalue weighted by molar-refractivity contribution is 0.175. The molecule has 2 aromatic carbocycles. The molecule has 0 aliphatic carbocycles. The Balaban J connectivity index is 1.46. The van der Waals surface area contributed by atoms with Crippen LogP contribution in [0.5, 0.6) is 0 Å². The van der Waals surface area contributed by atoms with Gasteiger partial charge in [-0.15, -0.1) is 4.31 Å². The van der Waals surface area contributed by atoms with E-state index in [0.717, 1.165) is 11.1 Å². The number of halogens is 1. The summed E-state index contributed by atoms with van der Waals surface area (Å²) in [6.07, 6.45) is 0. The quantitative estimate of drug-likeness (QED) is 0.584. The minimum Gasteiger partial charge on any atom is -0.592 e. The molecule has 0 bridgehead atoms. The highest BCUT2D eigenvalue weighted by atomic mass is 32.3. The van der Waals surface area contributed by atoms with E-state index in [0.29, 0.717) is 42.5 Å². The van der Waals surface area contributed by atoms with Gasteiger partial charge in [0.05, 0.1) is 13.1 Å². The number of benzene rings is 2. The number of hydrogen-bond donors (Lipinski definition) is 0. The fraction of sp³-hybridized carbons (Fsp3) is 0.238. The van der Waals surface area contributed by atoms with E-state index in [4.69, 9.17) is 0 Å². The summed E-state index contributed by atoms with van der Waals surface area (Å²) in [6, 6.07) is 18.0. The van der Waals surface area contributed by atoms with Gasteiger partial charge in [-0.05, 0) is 28.6 Å². The average Bonchev–Trinajstić information content (AvgIpc) is 3.25. The van der Waals surface area contributed by atoms with Gasteiger partial charge in [-0.3, -0.25) is 4.90 Å². The fourth-order valence-corrected chi connectivity index (χ4v) is 6.07. The average molecular weight is 417 g/mol. The normalized spacial score (nSPS) is 18.1. The van der Waals surface area contributed by atoms with E-state index >= 15 is 0 Å². The predicted octanol–water partition coefficient (Wildman–Crippen LogP) is 4.28. The largest absolute Gasteiger partial charge is 0.592 e. The molecule has 3 aromatic rings. The monoisotopic (exact) mass is 416 g/mol. The molecular weight excluding hydrogens is 395 g/mol. The van der Waals surface area contributed by atoms with Crippen molar-refractivity contribution in [2.45, 2.75) is 10.8 Å². The maximum atomic E-state index is 14.3. The van der Waals surface area contributed by atoms with Gasteiger partial charge >= 0.3 is 0 Å². The van der Waals surface area contributed by atoms with Crippen LogP contribution in [0, 0.1) is 5.82 Å². The van der Waals surface area contributed by atoms with Gasteiger partial charge in [0.1, 0.15) is 5.82 Å². The van der Waals surface area contributed by atoms with E-state index < -0.39 is 10.4 Å². The number of rotatable bonds is 5. The first kappa shape index (κ1) is 19.4. The van der Waals surface area contributed by atoms with Gasteiger partial charge in [-0.25, -0.2) is 4.39 Å². The van der Waals surface area contributed by atoms with Gasteiger partial charge in [0.15, 0.2) is 10.4 Å². The first-order valence-electron chi connectivity index (χ1n) is 9.14. The van der Waals surface area contributed by atoms with Gasteiger partial charge in [-0.1, -0.05) is 58.0 Å². The minimum atomic E-state index is -3.40. The molecule has 1 aliphatic rings. The Kier molecular flexibility index (Phi) is 5.70. The molecule has 146 valence electrons. The zero-order chi connectivity index (χ0) is 19.6. The molecule has 4 nitrogen and oxygen atoms in total. The molecule has 7 heteroatoms. The highest BCUT2D eigenvalue weighted by Crippen LogP contribution is 2.29. The third-order valence-electron chi connectivity index (χ3n) is 5.00. The summed E-state index contributed by atoms with van der Waals surface area (Å²) in [5.41, 5.74) is 2.52. The second kappa shape index (κ2) is 8.23. The first-order valence-corrected chi connectivity index (χ1v) is 11.5. The first-order chi connectivity index (χ1) is 13.6. The second-order valence-electron chi connectivity index (χ2n) is 6.75. The lowest BCUT2D eigenvalue weighted by Crippen LogP contribution is -2.50. The molecule has 1 unspecified atom stereocenters. The van der Waals surface area contributed by atoms with Crippen LogP contribution < -0.4 is 0 Å². The molecule has 0 saturated carbocycles. The molecular formula is C21H21FN2O2S2. The minimum absolute atomic E-state index is 0.234. The highest BCUT2D eigenvalue weighted by molar-refractivity contribution is 7.97. The van der Waals surface area contributed by atoms with E-state index in [-0.39, 0.29) is 5.82 Å². The van der Waals surface area contributed by atoms with E-state index in [1.807, 2.05) is 30.3 Å². The molecule has 0 spiro atoms. The third kappa shape index (κ3) is 3.94. The zero-order valence-electron chi connectivity index (χ0n) is 15.3. The fourth-order valence-electron chi connectivity index (χ4n) is 3.51. The van der Waals surface area contributed by atoms with Gasteiger partial charge in [0, 0.05) is 31.3 Å². The summed E-state index contributed by atoms with van der Waals surface area (Å²) in [5.74, 6) is -0.234. The number of sulfonamides is 1. The molecule has 1 atom stereocenters. The Hall–Kier alpha value is -1.90. The van der Waals surface area contributed by atoms with Crippen LogP contribution in [0.25, 0.3) is 11.1 Å². The highest BCUT2D eigenvalue weighted by Gasteiger charge is 2.34. The second-order valence-corrected chi connectivity index (χ2v) is 9.86. The maximum Gasteiger partial charge on any atom is 0.229 e. The van der Waals surface area contributed by atoms with Crippen LogP contribution in [-0.2, 0) is 21.2 Å². The Morgan fingerprint density at radius 3 is 2.29 bits per heavy atom. The van der Waals surface area contributed by atoms with Gasteiger partial charge < -0.3 is 4.55 Å². The van der Waals surface area contributed by atoms with Gasteiger partial charge in [0.25, 0.3) is 0 Å². The molecule has 0 N–H and O–H groups in total. The van der Waals surface area contributed by atoms with Crippen molar-refractivity contribution in [1.29, 1.82) is 0 Å².